The summed E-state index contributed by atoms with van der Waals surface area (Å²) in [7, 11) is 3.67. The summed E-state index contributed by atoms with van der Waals surface area (Å²) in [6, 6.07) is 16.0. The van der Waals surface area contributed by atoms with E-state index in [1.54, 1.807) is 13.3 Å². The zero-order chi connectivity index (χ0) is 21.8. The molecule has 0 aliphatic carbocycles. The maximum atomic E-state index is 12.5. The van der Waals surface area contributed by atoms with Crippen molar-refractivity contribution in [1.29, 1.82) is 0 Å². The smallest absolute Gasteiger partial charge is 0.220 e. The van der Waals surface area contributed by atoms with E-state index in [9.17, 15) is 4.79 Å². The number of rotatable bonds is 7. The number of nitrogens with zero attached hydrogens (tertiary/aromatic N) is 3. The van der Waals surface area contributed by atoms with Crippen molar-refractivity contribution in [2.45, 2.75) is 26.3 Å². The van der Waals surface area contributed by atoms with Crippen LogP contribution in [0.5, 0.6) is 5.75 Å². The van der Waals surface area contributed by atoms with Crippen LogP contribution in [0.3, 0.4) is 0 Å². The largest absolute Gasteiger partial charge is 0.496 e. The fourth-order valence-corrected chi connectivity index (χ4v) is 3.83. The van der Waals surface area contributed by atoms with Gasteiger partial charge in [-0.3, -0.25) is 4.79 Å². The number of para-hydroxylation sites is 2. The summed E-state index contributed by atoms with van der Waals surface area (Å²) in [6.45, 7) is 2.26. The molecule has 2 aromatic heterocycles. The highest BCUT2D eigenvalue weighted by atomic mass is 16.5. The van der Waals surface area contributed by atoms with Gasteiger partial charge in [0.2, 0.25) is 5.91 Å². The maximum Gasteiger partial charge on any atom is 0.220 e. The highest BCUT2D eigenvalue weighted by molar-refractivity contribution is 5.95. The summed E-state index contributed by atoms with van der Waals surface area (Å²) in [5, 5.41) is 4.16. The Morgan fingerprint density at radius 2 is 1.87 bits per heavy atom. The highest BCUT2D eigenvalue weighted by Crippen LogP contribution is 2.31. The Morgan fingerprint density at radius 3 is 2.71 bits per heavy atom. The Kier molecular flexibility index (Phi) is 5.98. The van der Waals surface area contributed by atoms with Crippen LogP contribution < -0.4 is 10.1 Å². The molecular weight excluding hydrogens is 388 g/mol. The Balaban J connectivity index is 1.51. The summed E-state index contributed by atoms with van der Waals surface area (Å²) in [4.78, 5) is 21.6. The molecule has 0 fully saturated rings. The number of nitrogens with one attached hydrogen (secondary N) is 1. The standard InChI is InChI=1S/C25H26N4O2/c1-17-26-14-19(15-27-24(30)13-12-18-8-4-7-11-23(18)31-3)25(28-17)21-16-29(2)22-10-6-5-9-20(21)22/h4-11,14,16H,12-13,15H2,1-3H3,(H,27,30). The zero-order valence-electron chi connectivity index (χ0n) is 18.1. The van der Waals surface area contributed by atoms with E-state index in [0.29, 0.717) is 25.2 Å². The Hall–Kier alpha value is -3.67. The van der Waals surface area contributed by atoms with Crippen LogP contribution in [0.25, 0.3) is 22.2 Å². The number of fused-ring (bicyclic) bond motifs is 1. The van der Waals surface area contributed by atoms with E-state index in [1.165, 1.54) is 0 Å². The highest BCUT2D eigenvalue weighted by Gasteiger charge is 2.15. The van der Waals surface area contributed by atoms with Gasteiger partial charge in [-0.1, -0.05) is 36.4 Å². The summed E-state index contributed by atoms with van der Waals surface area (Å²) >= 11 is 0. The van der Waals surface area contributed by atoms with Crippen molar-refractivity contribution in [3.05, 3.63) is 77.9 Å². The molecule has 4 rings (SSSR count). The number of hydrogen-bond acceptors (Lipinski definition) is 4. The van der Waals surface area contributed by atoms with E-state index in [-0.39, 0.29) is 5.91 Å². The minimum absolute atomic E-state index is 0.0182. The van der Waals surface area contributed by atoms with Gasteiger partial charge < -0.3 is 14.6 Å². The van der Waals surface area contributed by atoms with Crippen molar-refractivity contribution in [3.63, 3.8) is 0 Å². The number of carbonyl (C=O) groups is 1. The van der Waals surface area contributed by atoms with Crippen molar-refractivity contribution in [3.8, 4) is 17.0 Å². The number of aromatic nitrogens is 3. The van der Waals surface area contributed by atoms with Gasteiger partial charge in [0.1, 0.15) is 11.6 Å². The summed E-state index contributed by atoms with van der Waals surface area (Å²) < 4.78 is 7.46. The lowest BCUT2D eigenvalue weighted by Crippen LogP contribution is -2.23. The van der Waals surface area contributed by atoms with Crippen molar-refractivity contribution in [1.82, 2.24) is 19.9 Å². The molecule has 4 aromatic rings. The van der Waals surface area contributed by atoms with E-state index in [0.717, 1.165) is 39.0 Å². The molecule has 0 bridgehead atoms. The fraction of sp³-hybridized carbons (Fsp3) is 0.240. The third-order valence-corrected chi connectivity index (χ3v) is 5.43. The molecule has 158 valence electrons. The first-order chi connectivity index (χ1) is 15.1. The van der Waals surface area contributed by atoms with Crippen LogP contribution in [0.2, 0.25) is 0 Å². The molecule has 6 nitrogen and oxygen atoms in total. The quantitative estimate of drug-likeness (QED) is 0.492. The predicted molar refractivity (Wildman–Crippen MR) is 122 cm³/mol. The first-order valence-corrected chi connectivity index (χ1v) is 10.3. The number of benzene rings is 2. The number of amides is 1. The lowest BCUT2D eigenvalue weighted by atomic mass is 10.1. The van der Waals surface area contributed by atoms with Crippen LogP contribution >= 0.6 is 0 Å². The average molecular weight is 415 g/mol. The first-order valence-electron chi connectivity index (χ1n) is 10.3. The second kappa shape index (κ2) is 9.00. The monoisotopic (exact) mass is 414 g/mol. The molecule has 0 aliphatic heterocycles. The first kappa shape index (κ1) is 20.6. The van der Waals surface area contributed by atoms with Gasteiger partial charge >= 0.3 is 0 Å². The van der Waals surface area contributed by atoms with Gasteiger partial charge in [0, 0.05) is 54.4 Å². The van der Waals surface area contributed by atoms with Crippen LogP contribution in [0.4, 0.5) is 0 Å². The maximum absolute atomic E-state index is 12.5. The minimum Gasteiger partial charge on any atom is -0.496 e. The molecule has 0 aliphatic rings. The zero-order valence-corrected chi connectivity index (χ0v) is 18.1. The Labute approximate surface area is 181 Å². The number of methoxy groups -OCH3 is 1. The van der Waals surface area contributed by atoms with Gasteiger partial charge in [0.15, 0.2) is 0 Å². The van der Waals surface area contributed by atoms with Crippen LogP contribution in [0, 0.1) is 6.92 Å². The minimum atomic E-state index is -0.0182. The van der Waals surface area contributed by atoms with Crippen LogP contribution in [-0.2, 0) is 24.8 Å². The van der Waals surface area contributed by atoms with Gasteiger partial charge in [-0.15, -0.1) is 0 Å². The molecule has 0 saturated carbocycles. The van der Waals surface area contributed by atoms with Gasteiger partial charge in [-0.05, 0) is 31.0 Å². The summed E-state index contributed by atoms with van der Waals surface area (Å²) in [5.41, 5.74) is 4.96. The van der Waals surface area contributed by atoms with Crippen LogP contribution in [-0.4, -0.2) is 27.6 Å². The van der Waals surface area contributed by atoms with Crippen LogP contribution in [0.1, 0.15) is 23.4 Å². The van der Waals surface area contributed by atoms with E-state index in [4.69, 9.17) is 9.72 Å². The molecule has 0 radical (unpaired) electrons. The number of ether oxygens (including phenoxy) is 1. The molecule has 0 atom stereocenters. The third kappa shape index (κ3) is 4.43. The normalized spacial score (nSPS) is 10.9. The summed E-state index contributed by atoms with van der Waals surface area (Å²) in [6.07, 6.45) is 4.90. The Bertz CT molecular complexity index is 1230. The molecular formula is C25H26N4O2. The number of aryl methyl sites for hydroxylation is 3. The SMILES string of the molecule is COc1ccccc1CCC(=O)NCc1cnc(C)nc1-c1cn(C)c2ccccc12. The molecule has 6 heteroatoms. The number of hydrogen-bond donors (Lipinski definition) is 1. The van der Waals surface area contributed by atoms with Crippen molar-refractivity contribution < 1.29 is 9.53 Å². The Morgan fingerprint density at radius 1 is 1.10 bits per heavy atom. The van der Waals surface area contributed by atoms with E-state index in [1.807, 2.05) is 50.4 Å². The molecule has 1 N–H and O–H groups in total. The molecule has 2 aromatic carbocycles. The van der Waals surface area contributed by atoms with Gasteiger partial charge in [-0.25, -0.2) is 9.97 Å². The van der Waals surface area contributed by atoms with E-state index >= 15 is 0 Å². The van der Waals surface area contributed by atoms with Gasteiger partial charge in [-0.2, -0.15) is 0 Å². The van der Waals surface area contributed by atoms with Crippen molar-refractivity contribution >= 4 is 16.8 Å². The van der Waals surface area contributed by atoms with Gasteiger partial charge in [0.05, 0.1) is 12.8 Å². The van der Waals surface area contributed by atoms with Gasteiger partial charge in [0.25, 0.3) is 0 Å². The lowest BCUT2D eigenvalue weighted by Gasteiger charge is -2.11. The van der Waals surface area contributed by atoms with Crippen molar-refractivity contribution in [2.75, 3.05) is 7.11 Å². The third-order valence-electron chi connectivity index (χ3n) is 5.43. The predicted octanol–water partition coefficient (Wildman–Crippen LogP) is 4.20. The molecule has 1 amide bonds. The van der Waals surface area contributed by atoms with E-state index < -0.39 is 0 Å². The second-order valence-corrected chi connectivity index (χ2v) is 7.55. The van der Waals surface area contributed by atoms with E-state index in [2.05, 4.69) is 33.2 Å². The molecule has 0 spiro atoms. The van der Waals surface area contributed by atoms with Crippen molar-refractivity contribution in [2.24, 2.45) is 7.05 Å². The topological polar surface area (TPSA) is 69.0 Å². The average Bonchev–Trinajstić information content (AvgIpc) is 3.13. The fourth-order valence-electron chi connectivity index (χ4n) is 3.83. The molecule has 31 heavy (non-hydrogen) atoms. The molecule has 2 heterocycles. The number of carbonyl (C=O) groups excluding carboxylic acids is 1. The molecule has 0 unspecified atom stereocenters. The summed E-state index contributed by atoms with van der Waals surface area (Å²) in [5.74, 6) is 1.49. The second-order valence-electron chi connectivity index (χ2n) is 7.55. The lowest BCUT2D eigenvalue weighted by molar-refractivity contribution is -0.121. The van der Waals surface area contributed by atoms with Crippen LogP contribution in [0.15, 0.2) is 60.9 Å². The molecule has 0 saturated heterocycles.